The fourth-order valence-corrected chi connectivity index (χ4v) is 8.72. The Bertz CT molecular complexity index is 1020. The fourth-order valence-electron chi connectivity index (χ4n) is 8.72. The minimum absolute atomic E-state index is 0.0664. The number of aliphatic hydroxyl groups is 1. The first kappa shape index (κ1) is 26.4. The van der Waals surface area contributed by atoms with E-state index in [0.29, 0.717) is 37.1 Å². The van der Waals surface area contributed by atoms with Gasteiger partial charge in [-0.25, -0.2) is 0 Å². The predicted octanol–water partition coefficient (Wildman–Crippen LogP) is 3.43. The molecule has 3 N–H and O–H groups in total. The average molecular weight is 514 g/mol. The molecular weight excluding hydrogens is 470 g/mol. The van der Waals surface area contributed by atoms with Crippen molar-refractivity contribution in [2.24, 2.45) is 33.7 Å². The van der Waals surface area contributed by atoms with Gasteiger partial charge in [0.2, 0.25) is 5.91 Å². The summed E-state index contributed by atoms with van der Waals surface area (Å²) >= 11 is 0. The number of hydrogen-bond donors (Lipinski definition) is 3. The number of rotatable bonds is 5. The molecule has 37 heavy (non-hydrogen) atoms. The normalized spacial score (nSPS) is 42.4. The van der Waals surface area contributed by atoms with E-state index in [4.69, 9.17) is 4.84 Å². The summed E-state index contributed by atoms with van der Waals surface area (Å²) < 4.78 is 0. The standard InChI is InChI=1S/C29H43N3O5/c1-18(33)29(36)14-11-23-21-8-7-19-16-20(9-12-27(19,2)22(21)10-13-28(23,29)3)32-37-17-25(34)31-24-6-4-5-15-30-26(24)35/h16,21-24,36H,4-15,17H2,1-3H3,(H,30,35)(H,31,34). The molecule has 3 saturated carbocycles. The molecule has 4 aliphatic carbocycles. The van der Waals surface area contributed by atoms with Crippen molar-refractivity contribution in [1.82, 2.24) is 10.6 Å². The van der Waals surface area contributed by atoms with Gasteiger partial charge in [-0.05, 0) is 107 Å². The van der Waals surface area contributed by atoms with Crippen molar-refractivity contribution >= 4 is 23.3 Å². The van der Waals surface area contributed by atoms with E-state index >= 15 is 0 Å². The van der Waals surface area contributed by atoms with E-state index in [0.717, 1.165) is 63.5 Å². The number of carbonyl (C=O) groups is 3. The van der Waals surface area contributed by atoms with Crippen LogP contribution in [0.1, 0.15) is 91.4 Å². The van der Waals surface area contributed by atoms with E-state index in [2.05, 4.69) is 35.7 Å². The van der Waals surface area contributed by atoms with Crippen LogP contribution in [0, 0.1) is 28.6 Å². The summed E-state index contributed by atoms with van der Waals surface area (Å²) in [5.41, 5.74) is 0.911. The number of fused-ring (bicyclic) bond motifs is 5. The number of hydrogen-bond acceptors (Lipinski definition) is 6. The second kappa shape index (κ2) is 9.83. The summed E-state index contributed by atoms with van der Waals surface area (Å²) in [6.45, 7) is 6.58. The minimum atomic E-state index is -1.17. The Labute approximate surface area is 220 Å². The van der Waals surface area contributed by atoms with Crippen molar-refractivity contribution in [3.8, 4) is 0 Å². The Hall–Kier alpha value is -2.22. The Balaban J connectivity index is 1.22. The molecule has 0 aromatic rings. The highest BCUT2D eigenvalue weighted by Gasteiger charge is 2.65. The smallest absolute Gasteiger partial charge is 0.261 e. The Morgan fingerprint density at radius 3 is 2.68 bits per heavy atom. The highest BCUT2D eigenvalue weighted by atomic mass is 16.6. The molecule has 1 saturated heterocycles. The quantitative estimate of drug-likeness (QED) is 0.487. The number of ketones is 1. The third-order valence-corrected chi connectivity index (χ3v) is 11.0. The molecule has 7 atom stereocenters. The third kappa shape index (κ3) is 4.43. The van der Waals surface area contributed by atoms with E-state index in [9.17, 15) is 19.5 Å². The van der Waals surface area contributed by atoms with Crippen LogP contribution in [0.4, 0.5) is 0 Å². The minimum Gasteiger partial charge on any atom is -0.385 e. The number of nitrogens with one attached hydrogen (secondary N) is 2. The van der Waals surface area contributed by atoms with Crippen molar-refractivity contribution < 1.29 is 24.3 Å². The first-order chi connectivity index (χ1) is 17.6. The van der Waals surface area contributed by atoms with Crippen LogP contribution in [0.3, 0.4) is 0 Å². The molecule has 8 nitrogen and oxygen atoms in total. The number of carbonyl (C=O) groups excluding carboxylic acids is 3. The number of allylic oxidation sites excluding steroid dienone is 2. The summed E-state index contributed by atoms with van der Waals surface area (Å²) in [5, 5.41) is 21.2. The molecule has 1 aliphatic heterocycles. The number of amides is 2. The van der Waals surface area contributed by atoms with Crippen LogP contribution in [0.2, 0.25) is 0 Å². The maximum absolute atomic E-state index is 12.4. The van der Waals surface area contributed by atoms with Crippen LogP contribution >= 0.6 is 0 Å². The first-order valence-electron chi connectivity index (χ1n) is 14.3. The highest BCUT2D eigenvalue weighted by molar-refractivity contribution is 5.96. The number of Topliss-reactive ketones (excluding diaryl/α,β-unsaturated/α-hetero) is 1. The molecule has 0 aromatic carbocycles. The monoisotopic (exact) mass is 513 g/mol. The zero-order chi connectivity index (χ0) is 26.4. The van der Waals surface area contributed by atoms with Gasteiger partial charge in [0.25, 0.3) is 5.91 Å². The van der Waals surface area contributed by atoms with Crippen LogP contribution in [0.5, 0.6) is 0 Å². The lowest BCUT2D eigenvalue weighted by molar-refractivity contribution is -0.159. The second-order valence-corrected chi connectivity index (χ2v) is 12.7. The van der Waals surface area contributed by atoms with Gasteiger partial charge in [-0.15, -0.1) is 0 Å². The molecule has 1 heterocycles. The zero-order valence-electron chi connectivity index (χ0n) is 22.6. The third-order valence-electron chi connectivity index (χ3n) is 11.0. The van der Waals surface area contributed by atoms with Gasteiger partial charge < -0.3 is 20.6 Å². The lowest BCUT2D eigenvalue weighted by Gasteiger charge is -2.59. The summed E-state index contributed by atoms with van der Waals surface area (Å²) in [5.74, 6) is 0.963. The Kier molecular flexibility index (Phi) is 7.01. The van der Waals surface area contributed by atoms with Crippen LogP contribution in [-0.2, 0) is 19.2 Å². The van der Waals surface area contributed by atoms with Crippen LogP contribution in [-0.4, -0.2) is 53.2 Å². The second-order valence-electron chi connectivity index (χ2n) is 12.7. The molecule has 8 heteroatoms. The van der Waals surface area contributed by atoms with E-state index in [1.807, 2.05) is 0 Å². The molecule has 5 rings (SSSR count). The van der Waals surface area contributed by atoms with Crippen molar-refractivity contribution in [2.45, 2.75) is 103 Å². The molecule has 0 aromatic heterocycles. The molecule has 204 valence electrons. The molecule has 0 radical (unpaired) electrons. The van der Waals surface area contributed by atoms with E-state index in [1.165, 1.54) is 5.57 Å². The van der Waals surface area contributed by atoms with E-state index in [-0.39, 0.29) is 35.0 Å². The number of oxime groups is 1. The van der Waals surface area contributed by atoms with Gasteiger partial charge in [0.05, 0.1) is 5.71 Å². The highest BCUT2D eigenvalue weighted by Crippen LogP contribution is 2.67. The number of nitrogens with zero attached hydrogens (tertiary/aromatic N) is 1. The van der Waals surface area contributed by atoms with Crippen molar-refractivity contribution in [3.05, 3.63) is 11.6 Å². The van der Waals surface area contributed by atoms with Crippen molar-refractivity contribution in [2.75, 3.05) is 13.2 Å². The average Bonchev–Trinajstić information content (AvgIpc) is 2.99. The van der Waals surface area contributed by atoms with E-state index < -0.39 is 11.6 Å². The summed E-state index contributed by atoms with van der Waals surface area (Å²) in [7, 11) is 0. The van der Waals surface area contributed by atoms with Gasteiger partial charge in [0, 0.05) is 12.0 Å². The SMILES string of the molecule is CC(=O)C1(O)CCC2C3CCC4=CC(=NOCC(=O)NC5CCCCNC5=O)CCC4(C)C3CCC21C. The molecule has 5 aliphatic rings. The van der Waals surface area contributed by atoms with Gasteiger partial charge >= 0.3 is 0 Å². The lowest BCUT2D eigenvalue weighted by Crippen LogP contribution is -2.57. The summed E-state index contributed by atoms with van der Waals surface area (Å²) in [6.07, 6.45) is 12.0. The summed E-state index contributed by atoms with van der Waals surface area (Å²) in [6, 6.07) is -0.498. The van der Waals surface area contributed by atoms with Gasteiger partial charge in [-0.1, -0.05) is 24.6 Å². The largest absolute Gasteiger partial charge is 0.385 e. The molecule has 2 amide bonds. The molecule has 0 bridgehead atoms. The first-order valence-corrected chi connectivity index (χ1v) is 14.3. The molecule has 4 fully saturated rings. The summed E-state index contributed by atoms with van der Waals surface area (Å²) in [4.78, 5) is 42.2. The predicted molar refractivity (Wildman–Crippen MR) is 140 cm³/mol. The van der Waals surface area contributed by atoms with Gasteiger partial charge in [-0.3, -0.25) is 14.4 Å². The fraction of sp³-hybridized carbons (Fsp3) is 0.793. The maximum Gasteiger partial charge on any atom is 0.261 e. The molecule has 7 unspecified atom stereocenters. The maximum atomic E-state index is 12.4. The van der Waals surface area contributed by atoms with Gasteiger partial charge in [-0.2, -0.15) is 0 Å². The zero-order valence-corrected chi connectivity index (χ0v) is 22.6. The van der Waals surface area contributed by atoms with Crippen molar-refractivity contribution in [1.29, 1.82) is 0 Å². The Morgan fingerprint density at radius 1 is 1.11 bits per heavy atom. The van der Waals surface area contributed by atoms with Crippen LogP contribution < -0.4 is 10.6 Å². The van der Waals surface area contributed by atoms with Crippen LogP contribution in [0.25, 0.3) is 0 Å². The van der Waals surface area contributed by atoms with Gasteiger partial charge in [0.15, 0.2) is 12.4 Å². The lowest BCUT2D eigenvalue weighted by atomic mass is 9.46. The topological polar surface area (TPSA) is 117 Å². The van der Waals surface area contributed by atoms with Crippen molar-refractivity contribution in [3.63, 3.8) is 0 Å². The van der Waals surface area contributed by atoms with Gasteiger partial charge in [0.1, 0.15) is 11.6 Å². The molecule has 0 spiro atoms. The molecular formula is C29H43N3O5. The Morgan fingerprint density at radius 2 is 1.89 bits per heavy atom. The van der Waals surface area contributed by atoms with E-state index in [1.54, 1.807) is 6.92 Å². The van der Waals surface area contributed by atoms with Crippen LogP contribution in [0.15, 0.2) is 16.8 Å².